The van der Waals surface area contributed by atoms with Crippen LogP contribution in [-0.2, 0) is 0 Å². The van der Waals surface area contributed by atoms with E-state index in [0.717, 1.165) is 0 Å². The molecule has 0 fully saturated rings. The number of aryl methyl sites for hydroxylation is 1. The van der Waals surface area contributed by atoms with Gasteiger partial charge in [0.1, 0.15) is 22.5 Å². The van der Waals surface area contributed by atoms with E-state index in [2.05, 4.69) is 0 Å². The molecule has 0 aliphatic carbocycles. The molecule has 2 aromatic carbocycles. The summed E-state index contributed by atoms with van der Waals surface area (Å²) in [5.74, 6) is -0.453. The fraction of sp³-hybridized carbons (Fsp3) is 0.0476. The van der Waals surface area contributed by atoms with Crippen LogP contribution in [0, 0.1) is 6.92 Å². The van der Waals surface area contributed by atoms with Crippen molar-refractivity contribution in [2.75, 3.05) is 0 Å². The third kappa shape index (κ3) is 2.88. The van der Waals surface area contributed by atoms with Crippen molar-refractivity contribution in [1.29, 1.82) is 0 Å². The summed E-state index contributed by atoms with van der Waals surface area (Å²) >= 11 is 0. The van der Waals surface area contributed by atoms with E-state index < -0.39 is 11.3 Å². The van der Waals surface area contributed by atoms with Crippen LogP contribution in [0.1, 0.15) is 16.9 Å². The summed E-state index contributed by atoms with van der Waals surface area (Å²) in [4.78, 5) is 24.8. The summed E-state index contributed by atoms with van der Waals surface area (Å²) in [6.07, 6.45) is 3.03. The maximum atomic E-state index is 12.5. The monoisotopic (exact) mass is 378 g/mol. The highest BCUT2D eigenvalue weighted by atomic mass is 16.4. The predicted octanol–water partition coefficient (Wildman–Crippen LogP) is 3.50. The van der Waals surface area contributed by atoms with E-state index >= 15 is 0 Å². The van der Waals surface area contributed by atoms with E-state index in [4.69, 9.17) is 8.83 Å². The van der Waals surface area contributed by atoms with Crippen LogP contribution in [-0.4, -0.2) is 15.3 Å². The summed E-state index contributed by atoms with van der Waals surface area (Å²) < 4.78 is 10.6. The van der Waals surface area contributed by atoms with Gasteiger partial charge in [0.25, 0.3) is 0 Å². The first-order valence-corrected chi connectivity index (χ1v) is 8.28. The largest absolute Gasteiger partial charge is 0.508 e. The molecule has 0 bridgehead atoms. The first-order chi connectivity index (χ1) is 13.3. The molecule has 0 unspecified atom stereocenters. The Balaban J connectivity index is 1.89. The van der Waals surface area contributed by atoms with Crippen LogP contribution in [0.4, 0.5) is 0 Å². The van der Waals surface area contributed by atoms with Crippen LogP contribution in [0.25, 0.3) is 33.9 Å². The number of hydrogen-bond donors (Lipinski definition) is 3. The zero-order valence-electron chi connectivity index (χ0n) is 14.6. The number of aromatic hydroxyl groups is 3. The lowest BCUT2D eigenvalue weighted by molar-refractivity contribution is 0.403. The van der Waals surface area contributed by atoms with Gasteiger partial charge in [-0.2, -0.15) is 0 Å². The molecule has 7 nitrogen and oxygen atoms in total. The number of rotatable bonds is 2. The molecule has 0 saturated heterocycles. The lowest BCUT2D eigenvalue weighted by Crippen LogP contribution is -2.07. The highest BCUT2D eigenvalue weighted by Crippen LogP contribution is 2.28. The Bertz CT molecular complexity index is 1390. The molecular formula is C21H14O7. The molecule has 7 heteroatoms. The van der Waals surface area contributed by atoms with E-state index in [-0.39, 0.29) is 39.4 Å². The van der Waals surface area contributed by atoms with Gasteiger partial charge in [-0.1, -0.05) is 12.1 Å². The van der Waals surface area contributed by atoms with Gasteiger partial charge in [0.2, 0.25) is 0 Å². The molecule has 0 spiro atoms. The Morgan fingerprint density at radius 1 is 0.786 bits per heavy atom. The standard InChI is InChI=1S/C21H14O7/c1-10-6-13-14(9-16(10)23)20(25)28-18-8-12(27-21(26)19(13)18)4-2-11-3-5-15(22)17(24)7-11/h2-9,22-24H,1H3/b4-2+. The average Bonchev–Trinajstić information content (AvgIpc) is 2.64. The summed E-state index contributed by atoms with van der Waals surface area (Å²) in [5.41, 5.74) is -0.239. The Kier molecular flexibility index (Phi) is 3.93. The molecule has 4 rings (SSSR count). The van der Waals surface area contributed by atoms with Crippen molar-refractivity contribution in [1.82, 2.24) is 0 Å². The van der Waals surface area contributed by atoms with E-state index in [1.165, 1.54) is 36.4 Å². The molecule has 28 heavy (non-hydrogen) atoms. The van der Waals surface area contributed by atoms with Crippen molar-refractivity contribution in [3.05, 3.63) is 74.1 Å². The minimum atomic E-state index is -0.690. The second kappa shape index (κ2) is 6.31. The van der Waals surface area contributed by atoms with Gasteiger partial charge in [-0.15, -0.1) is 0 Å². The SMILES string of the molecule is Cc1cc2c(cc1O)c(=O)oc1cc(/C=C/c3ccc(O)c(O)c3)oc(=O)c12. The van der Waals surface area contributed by atoms with Gasteiger partial charge >= 0.3 is 11.3 Å². The van der Waals surface area contributed by atoms with E-state index in [1.807, 2.05) is 0 Å². The number of phenols is 3. The van der Waals surface area contributed by atoms with Crippen LogP contribution >= 0.6 is 0 Å². The number of phenolic OH excluding ortho intramolecular Hbond substituents is 3. The van der Waals surface area contributed by atoms with Crippen molar-refractivity contribution >= 4 is 33.9 Å². The highest BCUT2D eigenvalue weighted by Gasteiger charge is 2.14. The van der Waals surface area contributed by atoms with Crippen LogP contribution < -0.4 is 11.3 Å². The van der Waals surface area contributed by atoms with Crippen LogP contribution in [0.2, 0.25) is 0 Å². The van der Waals surface area contributed by atoms with Crippen molar-refractivity contribution in [3.8, 4) is 17.2 Å². The van der Waals surface area contributed by atoms with Gasteiger partial charge in [-0.3, -0.25) is 0 Å². The first kappa shape index (κ1) is 17.4. The Morgan fingerprint density at radius 2 is 1.57 bits per heavy atom. The maximum Gasteiger partial charge on any atom is 0.348 e. The summed E-state index contributed by atoms with van der Waals surface area (Å²) in [6.45, 7) is 1.65. The molecule has 4 aromatic rings. The summed E-state index contributed by atoms with van der Waals surface area (Å²) in [5, 5.41) is 29.2. The van der Waals surface area contributed by atoms with E-state index in [0.29, 0.717) is 16.5 Å². The zero-order chi connectivity index (χ0) is 20.0. The lowest BCUT2D eigenvalue weighted by atomic mass is 10.1. The Hall–Kier alpha value is -4.00. The second-order valence-corrected chi connectivity index (χ2v) is 6.33. The second-order valence-electron chi connectivity index (χ2n) is 6.33. The maximum absolute atomic E-state index is 12.5. The van der Waals surface area contributed by atoms with Crippen LogP contribution in [0.3, 0.4) is 0 Å². The molecule has 0 atom stereocenters. The van der Waals surface area contributed by atoms with E-state index in [9.17, 15) is 24.9 Å². The summed E-state index contributed by atoms with van der Waals surface area (Å²) in [7, 11) is 0. The van der Waals surface area contributed by atoms with Crippen molar-refractivity contribution in [2.45, 2.75) is 6.92 Å². The number of hydrogen-bond acceptors (Lipinski definition) is 7. The minimum absolute atomic E-state index is 0.0621. The van der Waals surface area contributed by atoms with Gasteiger partial charge in [0.05, 0.1) is 5.39 Å². The van der Waals surface area contributed by atoms with Crippen molar-refractivity contribution in [2.24, 2.45) is 0 Å². The topological polar surface area (TPSA) is 121 Å². The minimum Gasteiger partial charge on any atom is -0.508 e. The molecule has 140 valence electrons. The fourth-order valence-corrected chi connectivity index (χ4v) is 2.94. The quantitative estimate of drug-likeness (QED) is 0.360. The average molecular weight is 378 g/mol. The molecule has 2 heterocycles. The van der Waals surface area contributed by atoms with Gasteiger partial charge in [0, 0.05) is 11.5 Å². The third-order valence-corrected chi connectivity index (χ3v) is 4.40. The van der Waals surface area contributed by atoms with Crippen LogP contribution in [0.5, 0.6) is 17.2 Å². The zero-order valence-corrected chi connectivity index (χ0v) is 14.6. The van der Waals surface area contributed by atoms with Crippen molar-refractivity contribution < 1.29 is 24.2 Å². The molecule has 3 N–H and O–H groups in total. The number of fused-ring (bicyclic) bond motifs is 3. The predicted molar refractivity (Wildman–Crippen MR) is 104 cm³/mol. The third-order valence-electron chi connectivity index (χ3n) is 4.40. The fourth-order valence-electron chi connectivity index (χ4n) is 2.94. The van der Waals surface area contributed by atoms with E-state index in [1.54, 1.807) is 19.1 Å². The Labute approximate surface area is 157 Å². The van der Waals surface area contributed by atoms with Crippen LogP contribution in [0.15, 0.2) is 54.8 Å². The van der Waals surface area contributed by atoms with Gasteiger partial charge in [-0.05, 0) is 48.4 Å². The van der Waals surface area contributed by atoms with Gasteiger partial charge < -0.3 is 24.2 Å². The molecule has 0 aliphatic rings. The smallest absolute Gasteiger partial charge is 0.348 e. The molecular weight excluding hydrogens is 364 g/mol. The van der Waals surface area contributed by atoms with Gasteiger partial charge in [0.15, 0.2) is 11.5 Å². The molecule has 0 saturated carbocycles. The first-order valence-electron chi connectivity index (χ1n) is 8.28. The number of benzene rings is 2. The summed E-state index contributed by atoms with van der Waals surface area (Å²) in [6, 6.07) is 8.45. The lowest BCUT2D eigenvalue weighted by Gasteiger charge is -2.05. The highest BCUT2D eigenvalue weighted by molar-refractivity contribution is 6.04. The normalized spacial score (nSPS) is 11.6. The Morgan fingerprint density at radius 3 is 2.32 bits per heavy atom. The molecule has 0 aliphatic heterocycles. The van der Waals surface area contributed by atoms with Gasteiger partial charge in [-0.25, -0.2) is 9.59 Å². The van der Waals surface area contributed by atoms with Crippen molar-refractivity contribution in [3.63, 3.8) is 0 Å². The molecule has 0 amide bonds. The molecule has 0 radical (unpaired) electrons. The molecule has 2 aromatic heterocycles.